The maximum atomic E-state index is 12.3. The Bertz CT molecular complexity index is 696. The van der Waals surface area contributed by atoms with Crippen molar-refractivity contribution in [3.8, 4) is 5.75 Å². The number of carbonyl (C=O) groups is 1. The normalized spacial score (nSPS) is 13.1. The molecule has 0 spiro atoms. The van der Waals surface area contributed by atoms with Crippen LogP contribution in [0.5, 0.6) is 5.75 Å². The van der Waals surface area contributed by atoms with Gasteiger partial charge in [0.2, 0.25) is 0 Å². The van der Waals surface area contributed by atoms with E-state index in [1.54, 1.807) is 6.26 Å². The second kappa shape index (κ2) is 8.64. The second-order valence-corrected chi connectivity index (χ2v) is 7.26. The van der Waals surface area contributed by atoms with Crippen molar-refractivity contribution in [2.45, 2.75) is 19.9 Å². The minimum absolute atomic E-state index is 0.0641. The lowest BCUT2D eigenvalue weighted by molar-refractivity contribution is -0.123. The highest BCUT2D eigenvalue weighted by Gasteiger charge is 2.17. The van der Waals surface area contributed by atoms with Crippen molar-refractivity contribution in [3.63, 3.8) is 0 Å². The smallest absolute Gasteiger partial charge is 0.258 e. The van der Waals surface area contributed by atoms with Crippen LogP contribution in [-0.4, -0.2) is 28.7 Å². The number of nitrogens with one attached hydrogen (secondary N) is 1. The lowest BCUT2D eigenvalue weighted by Crippen LogP contribution is -2.35. The van der Waals surface area contributed by atoms with Gasteiger partial charge in [-0.05, 0) is 30.5 Å². The molecule has 0 saturated carbocycles. The summed E-state index contributed by atoms with van der Waals surface area (Å²) in [5, 5.41) is 2.92. The van der Waals surface area contributed by atoms with Crippen LogP contribution in [0, 0.1) is 13.8 Å². The number of hydrogen-bond donors (Lipinski definition) is 1. The molecule has 5 heteroatoms. The van der Waals surface area contributed by atoms with Gasteiger partial charge in [-0.25, -0.2) is 0 Å². The van der Waals surface area contributed by atoms with Gasteiger partial charge < -0.3 is 10.1 Å². The molecule has 0 aliphatic rings. The maximum Gasteiger partial charge on any atom is 0.258 e. The van der Waals surface area contributed by atoms with E-state index < -0.39 is 10.8 Å². The summed E-state index contributed by atoms with van der Waals surface area (Å²) in [7, 11) is -1.02. The molecule has 0 unspecified atom stereocenters. The molecule has 2 rings (SSSR count). The van der Waals surface area contributed by atoms with Crippen molar-refractivity contribution in [2.75, 3.05) is 18.6 Å². The fraction of sp³-hybridized carbons (Fsp3) is 0.316. The number of para-hydroxylation sites is 1. The Kier molecular flexibility index (Phi) is 6.55. The van der Waals surface area contributed by atoms with Crippen LogP contribution in [0.2, 0.25) is 0 Å². The van der Waals surface area contributed by atoms with Crippen LogP contribution >= 0.6 is 0 Å². The number of rotatable bonds is 7. The van der Waals surface area contributed by atoms with Gasteiger partial charge in [-0.2, -0.15) is 0 Å². The summed E-state index contributed by atoms with van der Waals surface area (Å²) in [5.74, 6) is 0.888. The molecule has 2 atom stereocenters. The molecule has 0 aliphatic heterocycles. The topological polar surface area (TPSA) is 55.4 Å². The van der Waals surface area contributed by atoms with Crippen molar-refractivity contribution < 1.29 is 13.7 Å². The molecule has 128 valence electrons. The number of hydrogen-bond acceptors (Lipinski definition) is 3. The molecule has 1 amide bonds. The zero-order chi connectivity index (χ0) is 17.5. The first-order chi connectivity index (χ1) is 11.5. The molecule has 0 radical (unpaired) electrons. The summed E-state index contributed by atoms with van der Waals surface area (Å²) >= 11 is 0. The van der Waals surface area contributed by atoms with E-state index in [9.17, 15) is 9.00 Å². The molecule has 2 aromatic carbocycles. The zero-order valence-electron chi connectivity index (χ0n) is 14.2. The van der Waals surface area contributed by atoms with Gasteiger partial charge in [-0.15, -0.1) is 0 Å². The molecule has 0 fully saturated rings. The van der Waals surface area contributed by atoms with Crippen molar-refractivity contribution >= 4 is 16.7 Å². The Morgan fingerprint density at radius 2 is 1.71 bits per heavy atom. The number of carbonyl (C=O) groups excluding carboxylic acids is 1. The highest BCUT2D eigenvalue weighted by molar-refractivity contribution is 7.84. The SMILES string of the molecule is Cc1cccc(C)c1OCC(=O)N[C@H](C[S@@](C)=O)c1ccccc1. The van der Waals surface area contributed by atoms with Gasteiger partial charge in [0.1, 0.15) is 5.75 Å². The second-order valence-electron chi connectivity index (χ2n) is 5.78. The molecule has 24 heavy (non-hydrogen) atoms. The van der Waals surface area contributed by atoms with Crippen LogP contribution in [0.1, 0.15) is 22.7 Å². The van der Waals surface area contributed by atoms with Gasteiger partial charge in [0.15, 0.2) is 6.61 Å². The predicted octanol–water partition coefficient (Wildman–Crippen LogP) is 2.92. The summed E-state index contributed by atoms with van der Waals surface area (Å²) in [6.07, 6.45) is 1.63. The van der Waals surface area contributed by atoms with E-state index in [-0.39, 0.29) is 18.6 Å². The molecule has 4 nitrogen and oxygen atoms in total. The van der Waals surface area contributed by atoms with Crippen molar-refractivity contribution in [2.24, 2.45) is 0 Å². The Labute approximate surface area is 145 Å². The van der Waals surface area contributed by atoms with Gasteiger partial charge in [0.05, 0.1) is 6.04 Å². The van der Waals surface area contributed by atoms with Crippen molar-refractivity contribution in [3.05, 3.63) is 65.2 Å². The number of benzene rings is 2. The molecule has 0 heterocycles. The van der Waals surface area contributed by atoms with Gasteiger partial charge in [0, 0.05) is 22.8 Å². The first-order valence-corrected chi connectivity index (χ1v) is 9.53. The zero-order valence-corrected chi connectivity index (χ0v) is 15.1. The molecule has 0 aliphatic carbocycles. The van der Waals surface area contributed by atoms with Crippen LogP contribution in [-0.2, 0) is 15.6 Å². The van der Waals surface area contributed by atoms with Crippen LogP contribution in [0.25, 0.3) is 0 Å². The molecule has 0 saturated heterocycles. The van der Waals surface area contributed by atoms with E-state index in [4.69, 9.17) is 4.74 Å². The van der Waals surface area contributed by atoms with Gasteiger partial charge in [0.25, 0.3) is 5.91 Å². The van der Waals surface area contributed by atoms with Crippen molar-refractivity contribution in [1.29, 1.82) is 0 Å². The summed E-state index contributed by atoms with van der Waals surface area (Å²) in [5.41, 5.74) is 2.93. The number of amides is 1. The van der Waals surface area contributed by atoms with Crippen LogP contribution < -0.4 is 10.1 Å². The average molecular weight is 345 g/mol. The third-order valence-electron chi connectivity index (χ3n) is 3.69. The van der Waals surface area contributed by atoms with Crippen LogP contribution in [0.15, 0.2) is 48.5 Å². The first kappa shape index (κ1) is 18.2. The summed E-state index contributed by atoms with van der Waals surface area (Å²) in [6.45, 7) is 3.84. The Balaban J connectivity index is 2.01. The summed E-state index contributed by atoms with van der Waals surface area (Å²) in [6, 6.07) is 15.1. The fourth-order valence-corrected chi connectivity index (χ4v) is 3.29. The average Bonchev–Trinajstić information content (AvgIpc) is 2.54. The van der Waals surface area contributed by atoms with Gasteiger partial charge in [-0.1, -0.05) is 48.5 Å². The predicted molar refractivity (Wildman–Crippen MR) is 97.7 cm³/mol. The van der Waals surface area contributed by atoms with E-state index >= 15 is 0 Å². The van der Waals surface area contributed by atoms with Gasteiger partial charge >= 0.3 is 0 Å². The van der Waals surface area contributed by atoms with Crippen LogP contribution in [0.3, 0.4) is 0 Å². The highest BCUT2D eigenvalue weighted by Crippen LogP contribution is 2.22. The summed E-state index contributed by atoms with van der Waals surface area (Å²) in [4.78, 5) is 12.3. The van der Waals surface area contributed by atoms with Gasteiger partial charge in [-0.3, -0.25) is 9.00 Å². The molecular formula is C19H23NO3S. The van der Waals surface area contributed by atoms with E-state index in [0.29, 0.717) is 5.75 Å². The lowest BCUT2D eigenvalue weighted by Gasteiger charge is -2.19. The van der Waals surface area contributed by atoms with E-state index in [2.05, 4.69) is 5.32 Å². The maximum absolute atomic E-state index is 12.3. The van der Waals surface area contributed by atoms with Crippen LogP contribution in [0.4, 0.5) is 0 Å². The monoisotopic (exact) mass is 345 g/mol. The van der Waals surface area contributed by atoms with E-state index in [0.717, 1.165) is 22.4 Å². The largest absolute Gasteiger partial charge is 0.483 e. The molecule has 0 aromatic heterocycles. The Morgan fingerprint density at radius 3 is 2.29 bits per heavy atom. The number of ether oxygens (including phenoxy) is 1. The third kappa shape index (κ3) is 5.20. The van der Waals surface area contributed by atoms with E-state index in [1.807, 2.05) is 62.4 Å². The lowest BCUT2D eigenvalue weighted by atomic mass is 10.1. The van der Waals surface area contributed by atoms with E-state index in [1.165, 1.54) is 0 Å². The Hall–Kier alpha value is -2.14. The molecule has 2 aromatic rings. The fourth-order valence-electron chi connectivity index (χ4n) is 2.54. The quantitative estimate of drug-likeness (QED) is 0.839. The van der Waals surface area contributed by atoms with Crippen molar-refractivity contribution in [1.82, 2.24) is 5.32 Å². The summed E-state index contributed by atoms with van der Waals surface area (Å²) < 4.78 is 17.3. The minimum Gasteiger partial charge on any atom is -0.483 e. The Morgan fingerprint density at radius 1 is 1.08 bits per heavy atom. The highest BCUT2D eigenvalue weighted by atomic mass is 32.2. The minimum atomic E-state index is -1.02. The molecule has 1 N–H and O–H groups in total. The first-order valence-electron chi connectivity index (χ1n) is 7.80. The number of aryl methyl sites for hydroxylation is 2. The molecule has 0 bridgehead atoms. The standard InChI is InChI=1S/C19H23NO3S/c1-14-8-7-9-15(2)19(14)23-12-18(21)20-17(13-24(3)22)16-10-5-4-6-11-16/h4-11,17H,12-13H2,1-3H3,(H,20,21)/t17-,24-/m1/s1. The third-order valence-corrected chi connectivity index (χ3v) is 4.50. The molecular weight excluding hydrogens is 322 g/mol.